The lowest BCUT2D eigenvalue weighted by Crippen LogP contribution is -2.59. The number of carboxylic acids is 1. The number of pyridine rings is 1. The molecule has 2 rings (SSSR count). The predicted octanol–water partition coefficient (Wildman–Crippen LogP) is 0.567. The smallest absolute Gasteiger partial charge is 0.508 e. The summed E-state index contributed by atoms with van der Waals surface area (Å²) in [7, 11) is -0.252. The minimum absolute atomic E-state index is 0.00864. The first-order chi connectivity index (χ1) is 19.4. The molecule has 13 nitrogen and oxygen atoms in total. The molecule has 3 amide bonds. The van der Waals surface area contributed by atoms with Crippen LogP contribution in [-0.2, 0) is 28.5 Å². The Hall–Kier alpha value is -4.30. The van der Waals surface area contributed by atoms with Gasteiger partial charge in [-0.05, 0) is 31.4 Å². The van der Waals surface area contributed by atoms with E-state index in [1.807, 2.05) is 30.3 Å². The largest absolute Gasteiger partial charge is 0.551 e. The average molecular weight is 570 g/mol. The van der Waals surface area contributed by atoms with Crippen molar-refractivity contribution in [3.63, 3.8) is 0 Å². The molecule has 0 aliphatic rings. The van der Waals surface area contributed by atoms with Crippen LogP contribution in [0.4, 0.5) is 0 Å². The second-order valence-corrected chi connectivity index (χ2v) is 9.62. The SMILES string of the molecule is CNC(=O)CC(=O)OB(OCC(=O)O)[C@H](CC(C)C)NC(=O)C(NC(=O)c1cccc(-c2ccccc2)n1)[C@@H](C)O. The molecule has 1 heterocycles. The zero-order valence-corrected chi connectivity index (χ0v) is 23.3. The molecule has 14 heteroatoms. The quantitative estimate of drug-likeness (QED) is 0.149. The molecule has 2 aromatic rings. The molecule has 3 atom stereocenters. The number of aromatic nitrogens is 1. The number of nitrogens with one attached hydrogen (secondary N) is 3. The first-order valence-corrected chi connectivity index (χ1v) is 13.0. The summed E-state index contributed by atoms with van der Waals surface area (Å²) in [5.41, 5.74) is 1.32. The van der Waals surface area contributed by atoms with Crippen LogP contribution < -0.4 is 16.0 Å². The van der Waals surface area contributed by atoms with Crippen LogP contribution in [0, 0.1) is 5.92 Å². The van der Waals surface area contributed by atoms with E-state index < -0.39 is 67.9 Å². The highest BCUT2D eigenvalue weighted by molar-refractivity contribution is 6.49. The molecule has 0 spiro atoms. The monoisotopic (exact) mass is 570 g/mol. The van der Waals surface area contributed by atoms with Gasteiger partial charge in [0.2, 0.25) is 11.8 Å². The van der Waals surface area contributed by atoms with Gasteiger partial charge in [0.25, 0.3) is 11.9 Å². The van der Waals surface area contributed by atoms with Crippen LogP contribution in [0.25, 0.3) is 11.3 Å². The van der Waals surface area contributed by atoms with Crippen molar-refractivity contribution in [1.29, 1.82) is 0 Å². The molecule has 0 saturated heterocycles. The zero-order valence-electron chi connectivity index (χ0n) is 23.3. The molecular weight excluding hydrogens is 535 g/mol. The molecule has 0 radical (unpaired) electrons. The molecule has 0 saturated carbocycles. The summed E-state index contributed by atoms with van der Waals surface area (Å²) in [6.07, 6.45) is -1.86. The average Bonchev–Trinajstić information content (AvgIpc) is 2.93. The number of aliphatic hydroxyl groups excluding tert-OH is 1. The molecule has 1 unspecified atom stereocenters. The van der Waals surface area contributed by atoms with Crippen molar-refractivity contribution in [2.45, 2.75) is 51.7 Å². The number of hydrogen-bond acceptors (Lipinski definition) is 9. The Morgan fingerprint density at radius 1 is 0.976 bits per heavy atom. The van der Waals surface area contributed by atoms with Crippen LogP contribution in [0.1, 0.15) is 44.1 Å². The van der Waals surface area contributed by atoms with Gasteiger partial charge in [0.1, 0.15) is 24.8 Å². The summed E-state index contributed by atoms with van der Waals surface area (Å²) in [5.74, 6) is -5.76. The molecule has 1 aromatic heterocycles. The number of carbonyl (C=O) groups excluding carboxylic acids is 4. The summed E-state index contributed by atoms with van der Waals surface area (Å²) in [5, 5.41) is 26.8. The Bertz CT molecular complexity index is 1210. The number of benzene rings is 1. The Kier molecular flexibility index (Phi) is 12.9. The lowest BCUT2D eigenvalue weighted by atomic mass is 9.73. The third-order valence-corrected chi connectivity index (χ3v) is 5.69. The van der Waals surface area contributed by atoms with Crippen molar-refractivity contribution in [3.05, 3.63) is 54.2 Å². The number of aliphatic hydroxyl groups is 1. The second-order valence-electron chi connectivity index (χ2n) is 9.62. The molecule has 0 fully saturated rings. The highest BCUT2D eigenvalue weighted by Crippen LogP contribution is 2.17. The number of carboxylic acid groups (broad SMARTS) is 1. The molecule has 220 valence electrons. The van der Waals surface area contributed by atoms with Gasteiger partial charge >= 0.3 is 13.1 Å². The van der Waals surface area contributed by atoms with E-state index >= 15 is 0 Å². The lowest BCUT2D eigenvalue weighted by molar-refractivity contribution is -0.144. The van der Waals surface area contributed by atoms with E-state index in [-0.39, 0.29) is 18.0 Å². The van der Waals surface area contributed by atoms with Crippen LogP contribution in [0.15, 0.2) is 48.5 Å². The van der Waals surface area contributed by atoms with Crippen molar-refractivity contribution in [2.24, 2.45) is 5.92 Å². The van der Waals surface area contributed by atoms with Gasteiger partial charge in [0.15, 0.2) is 0 Å². The van der Waals surface area contributed by atoms with Crippen molar-refractivity contribution in [1.82, 2.24) is 20.9 Å². The van der Waals surface area contributed by atoms with E-state index in [9.17, 15) is 29.1 Å². The van der Waals surface area contributed by atoms with Gasteiger partial charge in [-0.2, -0.15) is 0 Å². The summed E-state index contributed by atoms with van der Waals surface area (Å²) >= 11 is 0. The second kappa shape index (κ2) is 16.1. The van der Waals surface area contributed by atoms with Crippen molar-refractivity contribution < 1.29 is 43.5 Å². The lowest BCUT2D eigenvalue weighted by Gasteiger charge is -2.28. The fourth-order valence-corrected chi connectivity index (χ4v) is 3.75. The number of aliphatic carboxylic acids is 1. The van der Waals surface area contributed by atoms with Gasteiger partial charge in [0, 0.05) is 12.6 Å². The minimum atomic E-state index is -1.58. The predicted molar refractivity (Wildman–Crippen MR) is 148 cm³/mol. The molecule has 0 aliphatic heterocycles. The third-order valence-electron chi connectivity index (χ3n) is 5.69. The number of rotatable bonds is 15. The Labute approximate surface area is 238 Å². The first-order valence-electron chi connectivity index (χ1n) is 13.0. The molecule has 5 N–H and O–H groups in total. The van der Waals surface area contributed by atoms with E-state index in [2.05, 4.69) is 20.9 Å². The topological polar surface area (TPSA) is 193 Å². The molecule has 0 aliphatic carbocycles. The van der Waals surface area contributed by atoms with Crippen LogP contribution >= 0.6 is 0 Å². The summed E-state index contributed by atoms with van der Waals surface area (Å²) in [4.78, 5) is 65.7. The summed E-state index contributed by atoms with van der Waals surface area (Å²) in [6.45, 7) is 4.05. The standard InChI is InChI=1S/C27H35BN4O9/c1-16(2)13-21(28(40-15-23(35)36)41-24(37)14-22(34)29-4)31-27(39)25(17(3)33)32-26(38)20-12-8-11-19(30-20)18-9-6-5-7-10-18/h5-12,16-17,21,25,33H,13-15H2,1-4H3,(H,29,34)(H,31,39)(H,32,38)(H,35,36)/t17-,21+,25?/m1/s1. The molecule has 41 heavy (non-hydrogen) atoms. The van der Waals surface area contributed by atoms with Gasteiger partial charge in [-0.1, -0.05) is 50.2 Å². The molecular formula is C27H35BN4O9. The van der Waals surface area contributed by atoms with Crippen molar-refractivity contribution in [3.8, 4) is 11.3 Å². The van der Waals surface area contributed by atoms with E-state index in [1.165, 1.54) is 20.0 Å². The Morgan fingerprint density at radius 3 is 2.24 bits per heavy atom. The highest BCUT2D eigenvalue weighted by atomic mass is 16.6. The van der Waals surface area contributed by atoms with Crippen LogP contribution in [0.2, 0.25) is 0 Å². The van der Waals surface area contributed by atoms with Gasteiger partial charge in [-0.25, -0.2) is 9.78 Å². The van der Waals surface area contributed by atoms with Gasteiger partial charge in [0.05, 0.1) is 17.7 Å². The highest BCUT2D eigenvalue weighted by Gasteiger charge is 2.39. The van der Waals surface area contributed by atoms with E-state index in [4.69, 9.17) is 14.4 Å². The summed E-state index contributed by atoms with van der Waals surface area (Å²) < 4.78 is 10.5. The molecule has 1 aromatic carbocycles. The van der Waals surface area contributed by atoms with Crippen molar-refractivity contribution >= 4 is 36.8 Å². The van der Waals surface area contributed by atoms with Crippen LogP contribution in [0.5, 0.6) is 0 Å². The Balaban J connectivity index is 2.25. The van der Waals surface area contributed by atoms with Gasteiger partial charge in [-0.3, -0.25) is 19.2 Å². The minimum Gasteiger partial charge on any atom is -0.508 e. The normalized spacial score (nSPS) is 12.9. The fourth-order valence-electron chi connectivity index (χ4n) is 3.75. The maximum Gasteiger partial charge on any atom is 0.551 e. The van der Waals surface area contributed by atoms with Gasteiger partial charge in [-0.15, -0.1) is 0 Å². The fraction of sp³-hybridized carbons (Fsp3) is 0.407. The zero-order chi connectivity index (χ0) is 30.5. The summed E-state index contributed by atoms with van der Waals surface area (Å²) in [6, 6.07) is 12.5. The van der Waals surface area contributed by atoms with E-state index in [1.54, 1.807) is 26.0 Å². The van der Waals surface area contributed by atoms with Gasteiger partial charge < -0.3 is 35.5 Å². The maximum absolute atomic E-state index is 13.3. The molecule has 0 bridgehead atoms. The number of hydrogen-bond donors (Lipinski definition) is 5. The third kappa shape index (κ3) is 11.0. The van der Waals surface area contributed by atoms with E-state index in [0.717, 1.165) is 5.56 Å². The number of nitrogens with zero attached hydrogens (tertiary/aromatic N) is 1. The maximum atomic E-state index is 13.3. The van der Waals surface area contributed by atoms with E-state index in [0.29, 0.717) is 5.69 Å². The van der Waals surface area contributed by atoms with Crippen molar-refractivity contribution in [2.75, 3.05) is 13.7 Å². The van der Waals surface area contributed by atoms with Crippen LogP contribution in [-0.4, -0.2) is 83.7 Å². The number of amides is 3. The number of carbonyl (C=O) groups is 5. The first kappa shape index (κ1) is 32.9. The van der Waals surface area contributed by atoms with Crippen LogP contribution in [0.3, 0.4) is 0 Å². The Morgan fingerprint density at radius 2 is 1.66 bits per heavy atom.